The Bertz CT molecular complexity index is 864. The predicted molar refractivity (Wildman–Crippen MR) is 113 cm³/mol. The first-order valence-corrected chi connectivity index (χ1v) is 9.96. The van der Waals surface area contributed by atoms with Gasteiger partial charge in [0.2, 0.25) is 0 Å². The van der Waals surface area contributed by atoms with E-state index >= 15 is 0 Å². The van der Waals surface area contributed by atoms with E-state index in [2.05, 4.69) is 10.6 Å². The van der Waals surface area contributed by atoms with Crippen molar-refractivity contribution in [1.82, 2.24) is 10.6 Å². The van der Waals surface area contributed by atoms with Gasteiger partial charge in [0.25, 0.3) is 11.8 Å². The van der Waals surface area contributed by atoms with Crippen LogP contribution in [-0.4, -0.2) is 37.5 Å². The smallest absolute Gasteiger partial charge is 0.325 e. The van der Waals surface area contributed by atoms with Gasteiger partial charge in [-0.2, -0.15) is 0 Å². The Morgan fingerprint density at radius 1 is 1.00 bits per heavy atom. The molecule has 0 aromatic heterocycles. The van der Waals surface area contributed by atoms with Crippen LogP contribution in [0.5, 0.6) is 5.75 Å². The highest BCUT2D eigenvalue weighted by atomic mass is 16.5. The molecule has 7 heteroatoms. The molecule has 0 unspecified atom stereocenters. The molecule has 0 spiro atoms. The minimum Gasteiger partial charge on any atom is -0.493 e. The largest absolute Gasteiger partial charge is 0.493 e. The molecule has 2 aromatic carbocycles. The Morgan fingerprint density at radius 2 is 1.70 bits per heavy atom. The molecule has 7 nitrogen and oxygen atoms in total. The van der Waals surface area contributed by atoms with Crippen LogP contribution in [0.15, 0.2) is 48.5 Å². The Kier molecular flexibility index (Phi) is 8.87. The van der Waals surface area contributed by atoms with E-state index in [4.69, 9.17) is 9.47 Å². The van der Waals surface area contributed by atoms with Gasteiger partial charge in [-0.05, 0) is 38.0 Å². The van der Waals surface area contributed by atoms with E-state index in [0.717, 1.165) is 11.1 Å². The molecular formula is C23H28N2O5. The molecule has 2 aromatic rings. The van der Waals surface area contributed by atoms with Gasteiger partial charge >= 0.3 is 5.97 Å². The van der Waals surface area contributed by atoms with Crippen molar-refractivity contribution < 1.29 is 23.9 Å². The van der Waals surface area contributed by atoms with Crippen molar-refractivity contribution in [2.24, 2.45) is 0 Å². The molecule has 0 saturated carbocycles. The highest BCUT2D eigenvalue weighted by Crippen LogP contribution is 2.18. The minimum atomic E-state index is -0.698. The Balaban J connectivity index is 1.79. The van der Waals surface area contributed by atoms with Gasteiger partial charge in [0.15, 0.2) is 6.61 Å². The fraction of sp³-hybridized carbons (Fsp3) is 0.348. The van der Waals surface area contributed by atoms with Crippen molar-refractivity contribution in [3.8, 4) is 5.75 Å². The van der Waals surface area contributed by atoms with Gasteiger partial charge in [0, 0.05) is 0 Å². The Morgan fingerprint density at radius 3 is 2.37 bits per heavy atom. The number of aryl methyl sites for hydroxylation is 1. The molecular weight excluding hydrogens is 384 g/mol. The van der Waals surface area contributed by atoms with Crippen LogP contribution in [0, 0.1) is 6.92 Å². The van der Waals surface area contributed by atoms with Gasteiger partial charge in [0.1, 0.15) is 12.3 Å². The molecule has 2 rings (SSSR count). The van der Waals surface area contributed by atoms with Crippen LogP contribution in [0.25, 0.3) is 0 Å². The van der Waals surface area contributed by atoms with Crippen molar-refractivity contribution in [3.63, 3.8) is 0 Å². The van der Waals surface area contributed by atoms with Crippen LogP contribution < -0.4 is 15.4 Å². The van der Waals surface area contributed by atoms with Crippen molar-refractivity contribution in [3.05, 3.63) is 65.2 Å². The number of hydrogen-bond donors (Lipinski definition) is 2. The number of carbonyl (C=O) groups excluding carboxylic acids is 3. The average molecular weight is 412 g/mol. The highest BCUT2D eigenvalue weighted by molar-refractivity contribution is 5.98. The number of carbonyl (C=O) groups is 3. The summed E-state index contributed by atoms with van der Waals surface area (Å²) in [5.74, 6) is -1.11. The van der Waals surface area contributed by atoms with Crippen LogP contribution in [-0.2, 0) is 14.3 Å². The summed E-state index contributed by atoms with van der Waals surface area (Å²) in [4.78, 5) is 36.3. The van der Waals surface area contributed by atoms with E-state index in [9.17, 15) is 14.4 Å². The van der Waals surface area contributed by atoms with Gasteiger partial charge in [-0.15, -0.1) is 0 Å². The van der Waals surface area contributed by atoms with Crippen molar-refractivity contribution in [2.75, 3.05) is 19.8 Å². The molecule has 0 aliphatic rings. The maximum Gasteiger partial charge on any atom is 0.325 e. The normalized spacial score (nSPS) is 11.3. The maximum absolute atomic E-state index is 12.3. The summed E-state index contributed by atoms with van der Waals surface area (Å²) in [6.45, 7) is 5.44. The van der Waals surface area contributed by atoms with Crippen molar-refractivity contribution in [2.45, 2.75) is 33.2 Å². The van der Waals surface area contributed by atoms with Gasteiger partial charge < -0.3 is 20.1 Å². The lowest BCUT2D eigenvalue weighted by atomic mass is 10.0. The zero-order valence-corrected chi connectivity index (χ0v) is 17.6. The lowest BCUT2D eigenvalue weighted by Crippen LogP contribution is -2.35. The highest BCUT2D eigenvalue weighted by Gasteiger charge is 2.16. The standard InChI is InChI=1S/C23H28N2O5/c1-4-19(17-12-10-16(3)11-13-17)25-21(26)15-30-22(27)14-24-23(28)18-8-6-7-9-20(18)29-5-2/h6-13,19H,4-5,14-15H2,1-3H3,(H,24,28)(H,25,26)/t19-/m0/s1. The molecule has 0 heterocycles. The number of amides is 2. The molecule has 0 radical (unpaired) electrons. The maximum atomic E-state index is 12.3. The fourth-order valence-electron chi connectivity index (χ4n) is 2.84. The molecule has 0 fully saturated rings. The van der Waals surface area contributed by atoms with Crippen LogP contribution in [0.1, 0.15) is 47.8 Å². The van der Waals surface area contributed by atoms with E-state index in [-0.39, 0.29) is 12.6 Å². The number of esters is 1. The number of para-hydroxylation sites is 1. The molecule has 0 bridgehead atoms. The zero-order valence-electron chi connectivity index (χ0n) is 17.6. The second kappa shape index (κ2) is 11.6. The quantitative estimate of drug-likeness (QED) is 0.585. The molecule has 1 atom stereocenters. The topological polar surface area (TPSA) is 93.7 Å². The number of rotatable bonds is 10. The molecule has 2 amide bonds. The number of benzene rings is 2. The molecule has 2 N–H and O–H groups in total. The number of hydrogen-bond acceptors (Lipinski definition) is 5. The molecule has 160 valence electrons. The van der Waals surface area contributed by atoms with Crippen molar-refractivity contribution in [1.29, 1.82) is 0 Å². The van der Waals surface area contributed by atoms with Gasteiger partial charge in [0.05, 0.1) is 18.2 Å². The third kappa shape index (κ3) is 6.92. The first kappa shape index (κ1) is 22.9. The molecule has 0 aliphatic carbocycles. The van der Waals surface area contributed by atoms with Gasteiger partial charge in [-0.3, -0.25) is 14.4 Å². The van der Waals surface area contributed by atoms with Crippen LogP contribution in [0.2, 0.25) is 0 Å². The van der Waals surface area contributed by atoms with E-state index < -0.39 is 24.4 Å². The summed E-state index contributed by atoms with van der Waals surface area (Å²) in [5.41, 5.74) is 2.46. The summed E-state index contributed by atoms with van der Waals surface area (Å²) < 4.78 is 10.4. The second-order valence-electron chi connectivity index (χ2n) is 6.71. The third-order valence-electron chi connectivity index (χ3n) is 4.41. The molecule has 0 aliphatic heterocycles. The third-order valence-corrected chi connectivity index (χ3v) is 4.41. The van der Waals surface area contributed by atoms with E-state index in [1.165, 1.54) is 0 Å². The second-order valence-corrected chi connectivity index (χ2v) is 6.71. The summed E-state index contributed by atoms with van der Waals surface area (Å²) in [6, 6.07) is 14.5. The van der Waals surface area contributed by atoms with E-state index in [1.54, 1.807) is 24.3 Å². The molecule has 30 heavy (non-hydrogen) atoms. The average Bonchev–Trinajstić information content (AvgIpc) is 2.75. The number of ether oxygens (including phenoxy) is 2. The van der Waals surface area contributed by atoms with E-state index in [0.29, 0.717) is 24.3 Å². The van der Waals surface area contributed by atoms with Crippen LogP contribution in [0.3, 0.4) is 0 Å². The Hall–Kier alpha value is -3.35. The summed E-state index contributed by atoms with van der Waals surface area (Å²) in [5, 5.41) is 5.33. The SMILES string of the molecule is CCOc1ccccc1C(=O)NCC(=O)OCC(=O)N[C@@H](CC)c1ccc(C)cc1. The van der Waals surface area contributed by atoms with Crippen LogP contribution in [0.4, 0.5) is 0 Å². The number of nitrogens with one attached hydrogen (secondary N) is 2. The fourth-order valence-corrected chi connectivity index (χ4v) is 2.84. The lowest BCUT2D eigenvalue weighted by Gasteiger charge is -2.17. The summed E-state index contributed by atoms with van der Waals surface area (Å²) in [6.07, 6.45) is 0.706. The minimum absolute atomic E-state index is 0.161. The van der Waals surface area contributed by atoms with Crippen molar-refractivity contribution >= 4 is 17.8 Å². The Labute approximate surface area is 176 Å². The summed E-state index contributed by atoms with van der Waals surface area (Å²) in [7, 11) is 0. The lowest BCUT2D eigenvalue weighted by molar-refractivity contribution is -0.147. The summed E-state index contributed by atoms with van der Waals surface area (Å²) >= 11 is 0. The monoisotopic (exact) mass is 412 g/mol. The first-order chi connectivity index (χ1) is 14.4. The van der Waals surface area contributed by atoms with E-state index in [1.807, 2.05) is 45.0 Å². The van der Waals surface area contributed by atoms with Gasteiger partial charge in [-0.1, -0.05) is 48.9 Å². The molecule has 0 saturated heterocycles. The van der Waals surface area contributed by atoms with Crippen LogP contribution >= 0.6 is 0 Å². The predicted octanol–water partition coefficient (Wildman–Crippen LogP) is 2.93. The van der Waals surface area contributed by atoms with Gasteiger partial charge in [-0.25, -0.2) is 0 Å². The first-order valence-electron chi connectivity index (χ1n) is 9.96. The zero-order chi connectivity index (χ0) is 21.9.